The van der Waals surface area contributed by atoms with Gasteiger partial charge in [-0.25, -0.2) is 0 Å². The SMILES string of the molecule is CC(CO)c1ccc2c(Cl)cccc2c1. The summed E-state index contributed by atoms with van der Waals surface area (Å²) in [4.78, 5) is 0. The third-order valence-electron chi connectivity index (χ3n) is 2.69. The van der Waals surface area contributed by atoms with Crippen molar-refractivity contribution in [2.75, 3.05) is 6.61 Å². The predicted molar refractivity (Wildman–Crippen MR) is 64.5 cm³/mol. The molecule has 2 heteroatoms. The van der Waals surface area contributed by atoms with Crippen molar-refractivity contribution < 1.29 is 5.11 Å². The molecule has 1 nitrogen and oxygen atoms in total. The van der Waals surface area contributed by atoms with Crippen LogP contribution in [0.4, 0.5) is 0 Å². The lowest BCUT2D eigenvalue weighted by Crippen LogP contribution is -1.98. The maximum Gasteiger partial charge on any atom is 0.0497 e. The summed E-state index contributed by atoms with van der Waals surface area (Å²) >= 11 is 6.07. The number of halogens is 1. The lowest BCUT2D eigenvalue weighted by Gasteiger charge is -2.09. The second kappa shape index (κ2) is 4.21. The molecule has 0 heterocycles. The van der Waals surface area contributed by atoms with Crippen molar-refractivity contribution >= 4 is 22.4 Å². The first-order valence-electron chi connectivity index (χ1n) is 5.01. The lowest BCUT2D eigenvalue weighted by atomic mass is 9.98. The molecule has 0 amide bonds. The van der Waals surface area contributed by atoms with Gasteiger partial charge in [0.15, 0.2) is 0 Å². The highest BCUT2D eigenvalue weighted by molar-refractivity contribution is 6.35. The van der Waals surface area contributed by atoms with Crippen LogP contribution in [0.1, 0.15) is 18.4 Å². The van der Waals surface area contributed by atoms with Crippen molar-refractivity contribution in [2.24, 2.45) is 0 Å². The summed E-state index contributed by atoms with van der Waals surface area (Å²) in [5.74, 6) is 0.174. The third kappa shape index (κ3) is 1.99. The van der Waals surface area contributed by atoms with Crippen molar-refractivity contribution in [1.29, 1.82) is 0 Å². The Morgan fingerprint density at radius 1 is 1.27 bits per heavy atom. The molecule has 0 aliphatic heterocycles. The number of hydrogen-bond acceptors (Lipinski definition) is 1. The van der Waals surface area contributed by atoms with E-state index >= 15 is 0 Å². The second-order valence-corrected chi connectivity index (χ2v) is 4.21. The van der Waals surface area contributed by atoms with Crippen LogP contribution >= 0.6 is 11.6 Å². The molecular weight excluding hydrogens is 208 g/mol. The van der Waals surface area contributed by atoms with E-state index < -0.39 is 0 Å². The first-order valence-corrected chi connectivity index (χ1v) is 5.39. The molecule has 78 valence electrons. The smallest absolute Gasteiger partial charge is 0.0497 e. The van der Waals surface area contributed by atoms with E-state index in [0.717, 1.165) is 21.4 Å². The molecule has 2 rings (SSSR count). The van der Waals surface area contributed by atoms with Crippen LogP contribution in [0.2, 0.25) is 5.02 Å². The van der Waals surface area contributed by atoms with Crippen molar-refractivity contribution in [2.45, 2.75) is 12.8 Å². The van der Waals surface area contributed by atoms with Crippen LogP contribution in [0.5, 0.6) is 0 Å². The van der Waals surface area contributed by atoms with Gasteiger partial charge in [0, 0.05) is 22.9 Å². The van der Waals surface area contributed by atoms with Gasteiger partial charge in [-0.15, -0.1) is 0 Å². The highest BCUT2D eigenvalue weighted by Gasteiger charge is 2.05. The Hall–Kier alpha value is -1.05. The van der Waals surface area contributed by atoms with Crippen LogP contribution in [0.15, 0.2) is 36.4 Å². The molecule has 0 saturated heterocycles. The van der Waals surface area contributed by atoms with Crippen LogP contribution in [-0.2, 0) is 0 Å². The first-order chi connectivity index (χ1) is 7.22. The zero-order valence-corrected chi connectivity index (χ0v) is 9.33. The van der Waals surface area contributed by atoms with E-state index in [1.54, 1.807) is 0 Å². The molecular formula is C13H13ClO. The van der Waals surface area contributed by atoms with Gasteiger partial charge in [-0.3, -0.25) is 0 Å². The fraction of sp³-hybridized carbons (Fsp3) is 0.231. The molecule has 0 aliphatic rings. The van der Waals surface area contributed by atoms with Crippen LogP contribution in [0.3, 0.4) is 0 Å². The average Bonchev–Trinajstić information content (AvgIpc) is 2.28. The van der Waals surface area contributed by atoms with Gasteiger partial charge < -0.3 is 5.11 Å². The Bertz CT molecular complexity index is 479. The zero-order valence-electron chi connectivity index (χ0n) is 8.57. The first kappa shape index (κ1) is 10.5. The summed E-state index contributed by atoms with van der Waals surface area (Å²) in [6.07, 6.45) is 0. The van der Waals surface area contributed by atoms with E-state index in [9.17, 15) is 0 Å². The van der Waals surface area contributed by atoms with Crippen LogP contribution in [0.25, 0.3) is 10.8 Å². The quantitative estimate of drug-likeness (QED) is 0.820. The lowest BCUT2D eigenvalue weighted by molar-refractivity contribution is 0.273. The fourth-order valence-electron chi connectivity index (χ4n) is 1.67. The minimum atomic E-state index is 0.173. The summed E-state index contributed by atoms with van der Waals surface area (Å²) in [5.41, 5.74) is 1.15. The van der Waals surface area contributed by atoms with Crippen molar-refractivity contribution in [1.82, 2.24) is 0 Å². The summed E-state index contributed by atoms with van der Waals surface area (Å²) in [6, 6.07) is 12.0. The van der Waals surface area contributed by atoms with E-state index in [2.05, 4.69) is 6.07 Å². The van der Waals surface area contributed by atoms with Gasteiger partial charge in [0.1, 0.15) is 0 Å². The standard InChI is InChI=1S/C13H13ClO/c1-9(8-15)10-5-6-12-11(7-10)3-2-4-13(12)14/h2-7,9,15H,8H2,1H3. The van der Waals surface area contributed by atoms with E-state index in [1.807, 2.05) is 37.3 Å². The maximum absolute atomic E-state index is 9.09. The number of aliphatic hydroxyl groups excluding tert-OH is 1. The van der Waals surface area contributed by atoms with Crippen molar-refractivity contribution in [3.63, 3.8) is 0 Å². The van der Waals surface area contributed by atoms with Gasteiger partial charge in [-0.05, 0) is 17.0 Å². The number of aliphatic hydroxyl groups is 1. The Balaban J connectivity index is 2.57. The molecule has 1 atom stereocenters. The van der Waals surface area contributed by atoms with Crippen LogP contribution in [-0.4, -0.2) is 11.7 Å². The van der Waals surface area contributed by atoms with Crippen molar-refractivity contribution in [3.8, 4) is 0 Å². The highest BCUT2D eigenvalue weighted by atomic mass is 35.5. The Morgan fingerprint density at radius 2 is 2.07 bits per heavy atom. The Kier molecular flexibility index (Phi) is 2.94. The maximum atomic E-state index is 9.09. The van der Waals surface area contributed by atoms with Gasteiger partial charge in [-0.1, -0.05) is 48.9 Å². The molecule has 0 aromatic heterocycles. The van der Waals surface area contributed by atoms with E-state index in [0.29, 0.717) is 0 Å². The van der Waals surface area contributed by atoms with E-state index in [1.165, 1.54) is 0 Å². The largest absolute Gasteiger partial charge is 0.396 e. The topological polar surface area (TPSA) is 20.2 Å². The van der Waals surface area contributed by atoms with Gasteiger partial charge in [0.25, 0.3) is 0 Å². The fourth-order valence-corrected chi connectivity index (χ4v) is 1.92. The molecule has 1 N–H and O–H groups in total. The van der Waals surface area contributed by atoms with Gasteiger partial charge in [0.05, 0.1) is 0 Å². The molecule has 0 bridgehead atoms. The summed E-state index contributed by atoms with van der Waals surface area (Å²) in [6.45, 7) is 2.18. The summed E-state index contributed by atoms with van der Waals surface area (Å²) in [7, 11) is 0. The molecule has 0 radical (unpaired) electrons. The normalized spacial score (nSPS) is 13.0. The second-order valence-electron chi connectivity index (χ2n) is 3.80. The molecule has 2 aromatic carbocycles. The minimum Gasteiger partial charge on any atom is -0.396 e. The molecule has 0 aliphatic carbocycles. The number of fused-ring (bicyclic) bond motifs is 1. The monoisotopic (exact) mass is 220 g/mol. The minimum absolute atomic E-state index is 0.173. The zero-order chi connectivity index (χ0) is 10.8. The number of rotatable bonds is 2. The molecule has 0 fully saturated rings. The molecule has 1 unspecified atom stereocenters. The van der Waals surface area contributed by atoms with E-state index in [-0.39, 0.29) is 12.5 Å². The summed E-state index contributed by atoms with van der Waals surface area (Å²) < 4.78 is 0. The highest BCUT2D eigenvalue weighted by Crippen LogP contribution is 2.26. The van der Waals surface area contributed by atoms with Gasteiger partial charge >= 0.3 is 0 Å². The van der Waals surface area contributed by atoms with Crippen LogP contribution in [0, 0.1) is 0 Å². The van der Waals surface area contributed by atoms with Gasteiger partial charge in [-0.2, -0.15) is 0 Å². The molecule has 15 heavy (non-hydrogen) atoms. The third-order valence-corrected chi connectivity index (χ3v) is 3.02. The Labute approximate surface area is 94.3 Å². The van der Waals surface area contributed by atoms with E-state index in [4.69, 9.17) is 16.7 Å². The summed E-state index contributed by atoms with van der Waals surface area (Å²) in [5, 5.41) is 12.1. The molecule has 0 saturated carbocycles. The molecule has 2 aromatic rings. The number of hydrogen-bond donors (Lipinski definition) is 1. The predicted octanol–water partition coefficient (Wildman–Crippen LogP) is 3.59. The average molecular weight is 221 g/mol. The van der Waals surface area contributed by atoms with Crippen molar-refractivity contribution in [3.05, 3.63) is 47.0 Å². The Morgan fingerprint density at radius 3 is 2.80 bits per heavy atom. The van der Waals surface area contributed by atoms with Crippen LogP contribution < -0.4 is 0 Å². The number of benzene rings is 2. The van der Waals surface area contributed by atoms with Gasteiger partial charge in [0.2, 0.25) is 0 Å². The molecule has 0 spiro atoms.